The molecule has 6 nitrogen and oxygen atoms in total. The van der Waals surface area contributed by atoms with Gasteiger partial charge in [0, 0.05) is 12.7 Å². The van der Waals surface area contributed by atoms with Crippen LogP contribution in [0.3, 0.4) is 0 Å². The van der Waals surface area contributed by atoms with E-state index in [1.54, 1.807) is 10.9 Å². The zero-order chi connectivity index (χ0) is 13.8. The minimum atomic E-state index is 0. The molecule has 0 unspecified atom stereocenters. The van der Waals surface area contributed by atoms with Crippen LogP contribution in [0.15, 0.2) is 29.4 Å². The third kappa shape index (κ3) is 4.19. The van der Waals surface area contributed by atoms with Gasteiger partial charge >= 0.3 is 0 Å². The first-order valence-electron chi connectivity index (χ1n) is 6.04. The van der Waals surface area contributed by atoms with Gasteiger partial charge in [0.2, 0.25) is 0 Å². The van der Waals surface area contributed by atoms with Crippen molar-refractivity contribution in [1.29, 1.82) is 0 Å². The van der Waals surface area contributed by atoms with Crippen LogP contribution in [0.5, 0.6) is 0 Å². The van der Waals surface area contributed by atoms with Crippen molar-refractivity contribution in [3.05, 3.63) is 41.2 Å². The summed E-state index contributed by atoms with van der Waals surface area (Å²) in [6.07, 6.45) is 1.67. The summed E-state index contributed by atoms with van der Waals surface area (Å²) in [5.41, 5.74) is 10.2. The first-order valence-corrected chi connectivity index (χ1v) is 6.04. The van der Waals surface area contributed by atoms with Gasteiger partial charge in [-0.25, -0.2) is 4.99 Å². The summed E-state index contributed by atoms with van der Waals surface area (Å²) in [4.78, 5) is 4.26. The van der Waals surface area contributed by atoms with Crippen molar-refractivity contribution in [3.63, 3.8) is 0 Å². The van der Waals surface area contributed by atoms with E-state index in [1.807, 2.05) is 19.2 Å². The van der Waals surface area contributed by atoms with E-state index in [-0.39, 0.29) is 24.0 Å². The molecule has 0 atom stereocenters. The van der Waals surface area contributed by atoms with Crippen LogP contribution in [-0.4, -0.2) is 21.0 Å². The van der Waals surface area contributed by atoms with E-state index < -0.39 is 0 Å². The molecule has 0 aliphatic heterocycles. The van der Waals surface area contributed by atoms with Crippen LogP contribution in [-0.2, 0) is 13.6 Å². The van der Waals surface area contributed by atoms with Crippen molar-refractivity contribution in [2.24, 2.45) is 17.8 Å². The fourth-order valence-electron chi connectivity index (χ4n) is 1.63. The Morgan fingerprint density at radius 1 is 1.35 bits per heavy atom. The number of rotatable bonds is 3. The molecule has 0 bridgehead atoms. The topological polar surface area (TPSA) is 81.1 Å². The molecule has 2 aromatic rings. The maximum Gasteiger partial charge on any atom is 0.193 e. The van der Waals surface area contributed by atoms with Gasteiger partial charge in [-0.3, -0.25) is 4.68 Å². The normalized spacial score (nSPS) is 11.1. The Kier molecular flexibility index (Phi) is 5.93. The Morgan fingerprint density at radius 2 is 2.10 bits per heavy atom. The molecule has 108 valence electrons. The predicted molar refractivity (Wildman–Crippen MR) is 91.3 cm³/mol. The van der Waals surface area contributed by atoms with Gasteiger partial charge < -0.3 is 11.1 Å². The monoisotopic (exact) mass is 386 g/mol. The van der Waals surface area contributed by atoms with Gasteiger partial charge in [-0.1, -0.05) is 11.3 Å². The second-order valence-corrected chi connectivity index (χ2v) is 4.47. The van der Waals surface area contributed by atoms with Crippen molar-refractivity contribution in [1.82, 2.24) is 15.0 Å². The molecule has 1 aromatic carbocycles. The number of nitrogens with zero attached hydrogens (tertiary/aromatic N) is 4. The van der Waals surface area contributed by atoms with E-state index in [0.717, 1.165) is 11.4 Å². The van der Waals surface area contributed by atoms with E-state index in [0.29, 0.717) is 12.5 Å². The molecule has 20 heavy (non-hydrogen) atoms. The zero-order valence-electron chi connectivity index (χ0n) is 11.8. The van der Waals surface area contributed by atoms with Gasteiger partial charge in [0.25, 0.3) is 0 Å². The van der Waals surface area contributed by atoms with Crippen LogP contribution in [0.2, 0.25) is 0 Å². The minimum Gasteiger partial charge on any atom is -0.370 e. The fraction of sp³-hybridized carbons (Fsp3) is 0.308. The number of halogens is 1. The van der Waals surface area contributed by atoms with Crippen molar-refractivity contribution in [2.75, 3.05) is 5.32 Å². The molecule has 2 rings (SSSR count). The Hall–Kier alpha value is -1.64. The predicted octanol–water partition coefficient (Wildman–Crippen LogP) is 1.98. The quantitative estimate of drug-likeness (QED) is 0.480. The standard InChI is InChI=1S/C13H18N6.HI/c1-9-4-5-11(6-10(9)2)17-13(14)15-7-12-8-16-18-19(12)3;/h4-6,8H,7H2,1-3H3,(H3,14,15,17);1H. The lowest BCUT2D eigenvalue weighted by Gasteiger charge is -2.08. The molecule has 0 saturated carbocycles. The first-order chi connectivity index (χ1) is 9.06. The summed E-state index contributed by atoms with van der Waals surface area (Å²) < 4.78 is 1.67. The molecule has 0 amide bonds. The van der Waals surface area contributed by atoms with Gasteiger partial charge in [0.1, 0.15) is 0 Å². The smallest absolute Gasteiger partial charge is 0.193 e. The fourth-order valence-corrected chi connectivity index (χ4v) is 1.63. The van der Waals surface area contributed by atoms with Crippen molar-refractivity contribution in [3.8, 4) is 0 Å². The average Bonchev–Trinajstić information content (AvgIpc) is 2.77. The summed E-state index contributed by atoms with van der Waals surface area (Å²) >= 11 is 0. The number of benzene rings is 1. The van der Waals surface area contributed by atoms with E-state index in [2.05, 4.69) is 40.5 Å². The number of guanidine groups is 1. The van der Waals surface area contributed by atoms with Crippen molar-refractivity contribution in [2.45, 2.75) is 20.4 Å². The lowest BCUT2D eigenvalue weighted by atomic mass is 10.1. The minimum absolute atomic E-state index is 0. The summed E-state index contributed by atoms with van der Waals surface area (Å²) in [7, 11) is 1.82. The third-order valence-corrected chi connectivity index (χ3v) is 3.00. The van der Waals surface area contributed by atoms with Crippen molar-refractivity contribution >= 4 is 35.6 Å². The number of aryl methyl sites for hydroxylation is 3. The number of nitrogens with two attached hydrogens (primary N) is 1. The number of aliphatic imine (C=N–C) groups is 1. The number of hydrogen-bond donors (Lipinski definition) is 2. The average molecular weight is 386 g/mol. The van der Waals surface area contributed by atoms with Crippen LogP contribution in [0.1, 0.15) is 16.8 Å². The second kappa shape index (κ2) is 7.22. The third-order valence-electron chi connectivity index (χ3n) is 3.00. The van der Waals surface area contributed by atoms with Gasteiger partial charge in [-0.15, -0.1) is 29.1 Å². The molecular weight excluding hydrogens is 367 g/mol. The number of hydrogen-bond acceptors (Lipinski definition) is 3. The Balaban J connectivity index is 0.00000200. The molecule has 0 aliphatic rings. The molecule has 1 heterocycles. The Labute approximate surface area is 135 Å². The summed E-state index contributed by atoms with van der Waals surface area (Å²) in [6.45, 7) is 4.59. The number of anilines is 1. The summed E-state index contributed by atoms with van der Waals surface area (Å²) in [6, 6.07) is 6.08. The van der Waals surface area contributed by atoms with Crippen LogP contribution in [0.25, 0.3) is 0 Å². The van der Waals surface area contributed by atoms with Crippen LogP contribution in [0.4, 0.5) is 5.69 Å². The largest absolute Gasteiger partial charge is 0.370 e. The molecule has 3 N–H and O–H groups in total. The van der Waals surface area contributed by atoms with Crippen LogP contribution < -0.4 is 11.1 Å². The highest BCUT2D eigenvalue weighted by Gasteiger charge is 2.00. The lowest BCUT2D eigenvalue weighted by Crippen LogP contribution is -2.22. The maximum absolute atomic E-state index is 5.85. The van der Waals surface area contributed by atoms with E-state index in [9.17, 15) is 0 Å². The van der Waals surface area contributed by atoms with Crippen LogP contribution >= 0.6 is 24.0 Å². The Bertz CT molecular complexity index is 605. The van der Waals surface area contributed by atoms with Crippen molar-refractivity contribution < 1.29 is 0 Å². The highest BCUT2D eigenvalue weighted by Crippen LogP contribution is 2.13. The molecule has 0 fully saturated rings. The van der Waals surface area contributed by atoms with Crippen LogP contribution in [0, 0.1) is 13.8 Å². The summed E-state index contributed by atoms with van der Waals surface area (Å²) in [5.74, 6) is 0.379. The lowest BCUT2D eigenvalue weighted by molar-refractivity contribution is 0.678. The SMILES string of the molecule is Cc1ccc(NC(N)=NCc2cnnn2C)cc1C.I. The number of nitrogens with one attached hydrogen (secondary N) is 1. The molecule has 0 saturated heterocycles. The van der Waals surface area contributed by atoms with Gasteiger partial charge in [-0.2, -0.15) is 0 Å². The highest BCUT2D eigenvalue weighted by molar-refractivity contribution is 14.0. The van der Waals surface area contributed by atoms with Gasteiger partial charge in [0.15, 0.2) is 5.96 Å². The van der Waals surface area contributed by atoms with E-state index in [4.69, 9.17) is 5.73 Å². The Morgan fingerprint density at radius 3 is 2.70 bits per heavy atom. The first kappa shape index (κ1) is 16.4. The summed E-state index contributed by atoms with van der Waals surface area (Å²) in [5, 5.41) is 10.7. The molecule has 0 spiro atoms. The highest BCUT2D eigenvalue weighted by atomic mass is 127. The molecule has 1 aromatic heterocycles. The van der Waals surface area contributed by atoms with Gasteiger partial charge in [0.05, 0.1) is 18.4 Å². The van der Waals surface area contributed by atoms with E-state index >= 15 is 0 Å². The van der Waals surface area contributed by atoms with E-state index in [1.165, 1.54) is 11.1 Å². The molecule has 0 aliphatic carbocycles. The maximum atomic E-state index is 5.85. The second-order valence-electron chi connectivity index (χ2n) is 4.47. The molecule has 0 radical (unpaired) electrons. The van der Waals surface area contributed by atoms with Gasteiger partial charge in [-0.05, 0) is 37.1 Å². The molecular formula is C13H19IN6. The molecule has 7 heteroatoms. The number of aromatic nitrogens is 3. The zero-order valence-corrected chi connectivity index (χ0v) is 14.1.